The maximum Gasteiger partial charge on any atom is 0.147 e. The van der Waals surface area contributed by atoms with E-state index in [1.54, 1.807) is 0 Å². The fourth-order valence-electron chi connectivity index (χ4n) is 0.988. The molecule has 0 N–H and O–H groups in total. The average Bonchev–Trinajstić information content (AvgIpc) is 2.02. The van der Waals surface area contributed by atoms with E-state index in [1.165, 1.54) is 0 Å². The first-order chi connectivity index (χ1) is 6.11. The van der Waals surface area contributed by atoms with Crippen LogP contribution in [-0.2, 0) is 11.2 Å². The maximum atomic E-state index is 11.1. The first-order valence-corrected chi connectivity index (χ1v) is 6.64. The first kappa shape index (κ1) is 11.7. The second-order valence-corrected chi connectivity index (χ2v) is 5.35. The summed E-state index contributed by atoms with van der Waals surface area (Å²) in [6, 6.07) is 6.01. The zero-order chi connectivity index (χ0) is 9.84. The summed E-state index contributed by atoms with van der Waals surface area (Å²) in [6.07, 6.45) is 0.501. The van der Waals surface area contributed by atoms with Gasteiger partial charge in [0.05, 0.1) is 5.33 Å². The molecule has 1 aromatic carbocycles. The highest BCUT2D eigenvalue weighted by Gasteiger charge is 2.03. The number of ketones is 1. The Bertz CT molecular complexity index is 305. The van der Waals surface area contributed by atoms with E-state index in [4.69, 9.17) is 0 Å². The monoisotopic (exact) mass is 416 g/mol. The maximum absolute atomic E-state index is 11.1. The lowest BCUT2D eigenvalue weighted by atomic mass is 10.1. The van der Waals surface area contributed by atoms with Crippen LogP contribution in [0.25, 0.3) is 0 Å². The largest absolute Gasteiger partial charge is 0.298 e. The molecule has 1 aromatic rings. The Morgan fingerprint density at radius 1 is 1.38 bits per heavy atom. The molecule has 0 aliphatic heterocycles. The van der Waals surface area contributed by atoms with E-state index in [9.17, 15) is 4.79 Å². The van der Waals surface area contributed by atoms with Crippen molar-refractivity contribution in [1.29, 1.82) is 0 Å². The highest BCUT2D eigenvalue weighted by Crippen LogP contribution is 2.17. The molecule has 0 radical (unpaired) electrons. The van der Waals surface area contributed by atoms with Gasteiger partial charge in [-0.3, -0.25) is 4.79 Å². The summed E-state index contributed by atoms with van der Waals surface area (Å²) in [7, 11) is 0. The average molecular weight is 418 g/mol. The summed E-state index contributed by atoms with van der Waals surface area (Å²) >= 11 is 8.78. The van der Waals surface area contributed by atoms with E-state index in [0.29, 0.717) is 11.8 Å². The SMILES string of the molecule is O=C(CBr)Cc1cc(Br)cc(I)c1. The number of hydrogen-bond acceptors (Lipinski definition) is 1. The highest BCUT2D eigenvalue weighted by atomic mass is 127. The van der Waals surface area contributed by atoms with Crippen LogP contribution < -0.4 is 0 Å². The Morgan fingerprint density at radius 2 is 2.08 bits per heavy atom. The second-order valence-electron chi connectivity index (χ2n) is 2.63. The number of hydrogen-bond donors (Lipinski definition) is 0. The van der Waals surface area contributed by atoms with Crippen molar-refractivity contribution in [3.05, 3.63) is 31.8 Å². The molecule has 0 bridgehead atoms. The first-order valence-electron chi connectivity index (χ1n) is 3.64. The highest BCUT2D eigenvalue weighted by molar-refractivity contribution is 14.1. The third-order valence-corrected chi connectivity index (χ3v) is 3.18. The van der Waals surface area contributed by atoms with Gasteiger partial charge in [-0.2, -0.15) is 0 Å². The molecule has 0 heterocycles. The van der Waals surface area contributed by atoms with E-state index in [2.05, 4.69) is 54.5 Å². The zero-order valence-electron chi connectivity index (χ0n) is 6.69. The number of carbonyl (C=O) groups excluding carboxylic acids is 1. The minimum Gasteiger partial charge on any atom is -0.298 e. The molecule has 0 atom stereocenters. The molecular formula is C9H7Br2IO. The number of rotatable bonds is 3. The summed E-state index contributed by atoms with van der Waals surface area (Å²) in [5.74, 6) is 0.203. The Morgan fingerprint density at radius 3 is 2.62 bits per heavy atom. The molecule has 70 valence electrons. The summed E-state index contributed by atoms with van der Waals surface area (Å²) in [5, 5.41) is 0.427. The van der Waals surface area contributed by atoms with E-state index in [0.717, 1.165) is 13.6 Å². The number of Topliss-reactive ketones (excluding diaryl/α,β-unsaturated/α-hetero) is 1. The second kappa shape index (κ2) is 5.46. The van der Waals surface area contributed by atoms with Gasteiger partial charge in [-0.15, -0.1) is 0 Å². The predicted octanol–water partition coefficient (Wildman–Crippen LogP) is 3.56. The van der Waals surface area contributed by atoms with Crippen LogP contribution in [0.5, 0.6) is 0 Å². The van der Waals surface area contributed by atoms with E-state index in [-0.39, 0.29) is 5.78 Å². The van der Waals surface area contributed by atoms with Gasteiger partial charge in [0.1, 0.15) is 5.78 Å². The van der Waals surface area contributed by atoms with Gasteiger partial charge in [0.2, 0.25) is 0 Å². The van der Waals surface area contributed by atoms with Crippen LogP contribution in [0.1, 0.15) is 5.56 Å². The summed E-state index contributed by atoms with van der Waals surface area (Å²) in [6.45, 7) is 0. The molecule has 0 saturated heterocycles. The summed E-state index contributed by atoms with van der Waals surface area (Å²) < 4.78 is 2.17. The number of halogens is 3. The van der Waals surface area contributed by atoms with Gasteiger partial charge in [-0.1, -0.05) is 31.9 Å². The standard InChI is InChI=1S/C9H7Br2IO/c10-5-9(13)3-6-1-7(11)4-8(12)2-6/h1-2,4H,3,5H2. The summed E-state index contributed by atoms with van der Waals surface area (Å²) in [5.41, 5.74) is 1.06. The molecule has 0 aliphatic rings. The van der Waals surface area contributed by atoms with Crippen LogP contribution in [0.4, 0.5) is 0 Å². The smallest absolute Gasteiger partial charge is 0.147 e. The molecule has 13 heavy (non-hydrogen) atoms. The fraction of sp³-hybridized carbons (Fsp3) is 0.222. The molecule has 0 saturated carbocycles. The van der Waals surface area contributed by atoms with Crippen LogP contribution in [0, 0.1) is 3.57 Å². The van der Waals surface area contributed by atoms with E-state index >= 15 is 0 Å². The van der Waals surface area contributed by atoms with E-state index in [1.807, 2.05) is 18.2 Å². The molecule has 0 fully saturated rings. The lowest BCUT2D eigenvalue weighted by Gasteiger charge is -2.00. The van der Waals surface area contributed by atoms with Gasteiger partial charge in [0.25, 0.3) is 0 Å². The lowest BCUT2D eigenvalue weighted by Crippen LogP contribution is -2.03. The van der Waals surface area contributed by atoms with Crippen molar-refractivity contribution in [2.24, 2.45) is 0 Å². The minimum atomic E-state index is 0.203. The van der Waals surface area contributed by atoms with Crippen molar-refractivity contribution in [2.75, 3.05) is 5.33 Å². The quantitative estimate of drug-likeness (QED) is 0.543. The predicted molar refractivity (Wildman–Crippen MR) is 69.4 cm³/mol. The fourth-order valence-corrected chi connectivity index (χ4v) is 2.89. The van der Waals surface area contributed by atoms with Crippen molar-refractivity contribution < 1.29 is 4.79 Å². The number of benzene rings is 1. The summed E-state index contributed by atoms with van der Waals surface area (Å²) in [4.78, 5) is 11.1. The zero-order valence-corrected chi connectivity index (χ0v) is 12.0. The Balaban J connectivity index is 2.83. The Hall–Kier alpha value is 0.580. The minimum absolute atomic E-state index is 0.203. The van der Waals surface area contributed by atoms with Gasteiger partial charge in [-0.25, -0.2) is 0 Å². The molecule has 0 amide bonds. The third kappa shape index (κ3) is 4.08. The lowest BCUT2D eigenvalue weighted by molar-refractivity contribution is -0.115. The Kier molecular flexibility index (Phi) is 4.89. The van der Waals surface area contributed by atoms with Crippen LogP contribution in [0.2, 0.25) is 0 Å². The number of alkyl halides is 1. The molecular weight excluding hydrogens is 411 g/mol. The van der Waals surface area contributed by atoms with Crippen LogP contribution in [-0.4, -0.2) is 11.1 Å². The van der Waals surface area contributed by atoms with Gasteiger partial charge in [0, 0.05) is 14.5 Å². The van der Waals surface area contributed by atoms with Crippen molar-refractivity contribution in [3.8, 4) is 0 Å². The molecule has 0 unspecified atom stereocenters. The molecule has 1 rings (SSSR count). The molecule has 0 spiro atoms. The molecule has 1 nitrogen and oxygen atoms in total. The number of carbonyl (C=O) groups is 1. The van der Waals surface area contributed by atoms with Gasteiger partial charge in [-0.05, 0) is 46.4 Å². The molecule has 0 aromatic heterocycles. The van der Waals surface area contributed by atoms with E-state index < -0.39 is 0 Å². The van der Waals surface area contributed by atoms with Gasteiger partial charge in [0.15, 0.2) is 0 Å². The Labute approximate surface area is 108 Å². The van der Waals surface area contributed by atoms with Crippen LogP contribution in [0.15, 0.2) is 22.7 Å². The van der Waals surface area contributed by atoms with Crippen molar-refractivity contribution in [2.45, 2.75) is 6.42 Å². The third-order valence-electron chi connectivity index (χ3n) is 1.47. The molecule has 0 aliphatic carbocycles. The van der Waals surface area contributed by atoms with Gasteiger partial charge < -0.3 is 0 Å². The van der Waals surface area contributed by atoms with Gasteiger partial charge >= 0.3 is 0 Å². The molecule has 4 heteroatoms. The normalized spacial score (nSPS) is 10.1. The van der Waals surface area contributed by atoms with Crippen molar-refractivity contribution in [3.63, 3.8) is 0 Å². The van der Waals surface area contributed by atoms with Crippen LogP contribution >= 0.6 is 54.5 Å². The van der Waals surface area contributed by atoms with Crippen molar-refractivity contribution >= 4 is 60.2 Å². The van der Waals surface area contributed by atoms with Crippen LogP contribution in [0.3, 0.4) is 0 Å². The van der Waals surface area contributed by atoms with Crippen molar-refractivity contribution in [1.82, 2.24) is 0 Å². The topological polar surface area (TPSA) is 17.1 Å².